The molecule has 1 amide bonds. The van der Waals surface area contributed by atoms with E-state index in [-0.39, 0.29) is 18.1 Å². The lowest BCUT2D eigenvalue weighted by molar-refractivity contribution is -0.157. The van der Waals surface area contributed by atoms with Gasteiger partial charge in [-0.2, -0.15) is 0 Å². The van der Waals surface area contributed by atoms with E-state index in [0.29, 0.717) is 31.4 Å². The molecule has 5 heteroatoms. The minimum atomic E-state index is -0.895. The Hall–Kier alpha value is -1.91. The third kappa shape index (κ3) is 3.15. The molecule has 0 radical (unpaired) electrons. The highest BCUT2D eigenvalue weighted by Crippen LogP contribution is 2.44. The Bertz CT molecular complexity index is 512. The quantitative estimate of drug-likeness (QED) is 0.838. The molecule has 108 valence electrons. The fourth-order valence-corrected chi connectivity index (χ4v) is 2.48. The lowest BCUT2D eigenvalue weighted by atomic mass is 9.66. The highest BCUT2D eigenvalue weighted by molar-refractivity contribution is 5.85. The van der Waals surface area contributed by atoms with Gasteiger partial charge >= 0.3 is 5.97 Å². The maximum Gasteiger partial charge on any atom is 0.310 e. The first kappa shape index (κ1) is 14.5. The highest BCUT2D eigenvalue weighted by Gasteiger charge is 2.45. The average Bonchev–Trinajstić information content (AvgIpc) is 2.36. The van der Waals surface area contributed by atoms with Crippen LogP contribution in [-0.4, -0.2) is 23.5 Å². The summed E-state index contributed by atoms with van der Waals surface area (Å²) in [5, 5.41) is 11.8. The fraction of sp³-hybridized carbons (Fsp3) is 0.467. The molecule has 0 unspecified atom stereocenters. The van der Waals surface area contributed by atoms with Crippen LogP contribution in [0.15, 0.2) is 24.3 Å². The van der Waals surface area contributed by atoms with E-state index < -0.39 is 11.4 Å². The number of benzene rings is 1. The summed E-state index contributed by atoms with van der Waals surface area (Å²) in [5.74, 6) is -1.46. The maximum absolute atomic E-state index is 13.4. The summed E-state index contributed by atoms with van der Waals surface area (Å²) in [7, 11) is 0. The minimum absolute atomic E-state index is 0.0135. The van der Waals surface area contributed by atoms with Gasteiger partial charge in [0, 0.05) is 13.0 Å². The predicted molar refractivity (Wildman–Crippen MR) is 71.7 cm³/mol. The van der Waals surface area contributed by atoms with Crippen LogP contribution in [0.3, 0.4) is 0 Å². The molecule has 2 rings (SSSR count). The van der Waals surface area contributed by atoms with Crippen LogP contribution in [0, 0.1) is 11.2 Å². The first-order chi connectivity index (χ1) is 9.53. The van der Waals surface area contributed by atoms with E-state index in [1.165, 1.54) is 6.07 Å². The van der Waals surface area contributed by atoms with Crippen molar-refractivity contribution in [2.45, 2.75) is 32.1 Å². The van der Waals surface area contributed by atoms with Gasteiger partial charge in [-0.3, -0.25) is 9.59 Å². The smallest absolute Gasteiger partial charge is 0.310 e. The van der Waals surface area contributed by atoms with Gasteiger partial charge < -0.3 is 10.4 Å². The molecule has 1 aromatic carbocycles. The molecule has 1 saturated carbocycles. The van der Waals surface area contributed by atoms with Gasteiger partial charge in [-0.25, -0.2) is 4.39 Å². The number of hydrogen-bond acceptors (Lipinski definition) is 2. The van der Waals surface area contributed by atoms with E-state index in [2.05, 4.69) is 5.32 Å². The number of amides is 1. The van der Waals surface area contributed by atoms with E-state index in [1.54, 1.807) is 18.2 Å². The summed E-state index contributed by atoms with van der Waals surface area (Å²) in [5.41, 5.74) is -0.327. The van der Waals surface area contributed by atoms with Crippen LogP contribution >= 0.6 is 0 Å². The van der Waals surface area contributed by atoms with Crippen molar-refractivity contribution in [2.75, 3.05) is 6.54 Å². The molecule has 4 nitrogen and oxygen atoms in total. The Morgan fingerprint density at radius 1 is 1.30 bits per heavy atom. The van der Waals surface area contributed by atoms with Crippen molar-refractivity contribution in [3.05, 3.63) is 35.6 Å². The molecule has 1 aliphatic carbocycles. The summed E-state index contributed by atoms with van der Waals surface area (Å²) < 4.78 is 13.4. The summed E-state index contributed by atoms with van der Waals surface area (Å²) in [6.07, 6.45) is 2.39. The van der Waals surface area contributed by atoms with Gasteiger partial charge in [0.2, 0.25) is 5.91 Å². The topological polar surface area (TPSA) is 66.4 Å². The van der Waals surface area contributed by atoms with E-state index in [9.17, 15) is 14.0 Å². The Morgan fingerprint density at radius 2 is 2.00 bits per heavy atom. The van der Waals surface area contributed by atoms with Crippen molar-refractivity contribution < 1.29 is 19.1 Å². The van der Waals surface area contributed by atoms with Crippen molar-refractivity contribution >= 4 is 11.9 Å². The molecule has 0 saturated heterocycles. The van der Waals surface area contributed by atoms with Crippen LogP contribution < -0.4 is 5.32 Å². The van der Waals surface area contributed by atoms with E-state index in [0.717, 1.165) is 6.42 Å². The van der Waals surface area contributed by atoms with Crippen molar-refractivity contribution in [2.24, 2.45) is 5.41 Å². The molecule has 1 aromatic rings. The molecule has 0 bridgehead atoms. The third-order valence-corrected chi connectivity index (χ3v) is 3.94. The predicted octanol–water partition coefficient (Wildman–Crippen LogP) is 2.13. The van der Waals surface area contributed by atoms with E-state index in [4.69, 9.17) is 5.11 Å². The van der Waals surface area contributed by atoms with Gasteiger partial charge in [-0.1, -0.05) is 24.6 Å². The zero-order valence-electron chi connectivity index (χ0n) is 11.2. The number of carboxylic acid groups (broad SMARTS) is 1. The number of carbonyl (C=O) groups excluding carboxylic acids is 1. The zero-order valence-corrected chi connectivity index (χ0v) is 11.2. The van der Waals surface area contributed by atoms with Crippen molar-refractivity contribution in [1.29, 1.82) is 0 Å². The van der Waals surface area contributed by atoms with Crippen LogP contribution in [0.4, 0.5) is 4.39 Å². The summed E-state index contributed by atoms with van der Waals surface area (Å²) in [6, 6.07) is 6.41. The van der Waals surface area contributed by atoms with E-state index in [1.807, 2.05) is 0 Å². The average molecular weight is 279 g/mol. The lowest BCUT2D eigenvalue weighted by Gasteiger charge is -2.36. The second-order valence-electron chi connectivity index (χ2n) is 5.31. The second-order valence-corrected chi connectivity index (χ2v) is 5.31. The summed E-state index contributed by atoms with van der Waals surface area (Å²) in [6.45, 7) is 0.315. The van der Waals surface area contributed by atoms with Gasteiger partial charge in [0.1, 0.15) is 5.82 Å². The standard InChI is InChI=1S/C15H18FNO3/c16-12-5-2-1-4-11(12)6-9-17-13(18)10-15(14(19)20)7-3-8-15/h1-2,4-5H,3,6-10H2,(H,17,18)(H,19,20). The number of rotatable bonds is 6. The molecular weight excluding hydrogens is 261 g/mol. The number of hydrogen-bond donors (Lipinski definition) is 2. The first-order valence-corrected chi connectivity index (χ1v) is 6.77. The number of carbonyl (C=O) groups is 2. The molecular formula is C15H18FNO3. The number of aliphatic carboxylic acids is 1. The first-order valence-electron chi connectivity index (χ1n) is 6.77. The largest absolute Gasteiger partial charge is 0.481 e. The molecule has 2 N–H and O–H groups in total. The molecule has 0 aliphatic heterocycles. The summed E-state index contributed by atoms with van der Waals surface area (Å²) in [4.78, 5) is 22.9. The van der Waals surface area contributed by atoms with Crippen LogP contribution in [0.5, 0.6) is 0 Å². The van der Waals surface area contributed by atoms with Gasteiger partial charge in [0.15, 0.2) is 0 Å². The molecule has 0 heterocycles. The molecule has 1 fully saturated rings. The lowest BCUT2D eigenvalue weighted by Crippen LogP contribution is -2.42. The van der Waals surface area contributed by atoms with Crippen LogP contribution in [0.2, 0.25) is 0 Å². The van der Waals surface area contributed by atoms with E-state index >= 15 is 0 Å². The summed E-state index contributed by atoms with van der Waals surface area (Å²) >= 11 is 0. The minimum Gasteiger partial charge on any atom is -0.481 e. The van der Waals surface area contributed by atoms with Gasteiger partial charge in [0.05, 0.1) is 5.41 Å². The third-order valence-electron chi connectivity index (χ3n) is 3.94. The molecule has 0 atom stereocenters. The Balaban J connectivity index is 1.78. The highest BCUT2D eigenvalue weighted by atomic mass is 19.1. The number of halogens is 1. The van der Waals surface area contributed by atoms with Gasteiger partial charge in [0.25, 0.3) is 0 Å². The van der Waals surface area contributed by atoms with Gasteiger partial charge in [-0.05, 0) is 30.9 Å². The monoisotopic (exact) mass is 279 g/mol. The Kier molecular flexibility index (Phi) is 4.37. The van der Waals surface area contributed by atoms with Crippen molar-refractivity contribution in [3.8, 4) is 0 Å². The van der Waals surface area contributed by atoms with Crippen LogP contribution in [-0.2, 0) is 16.0 Å². The normalized spacial score (nSPS) is 16.2. The molecule has 0 aromatic heterocycles. The molecule has 1 aliphatic rings. The van der Waals surface area contributed by atoms with Crippen molar-refractivity contribution in [3.63, 3.8) is 0 Å². The number of carboxylic acids is 1. The zero-order chi connectivity index (χ0) is 14.6. The molecule has 20 heavy (non-hydrogen) atoms. The van der Waals surface area contributed by atoms with Gasteiger partial charge in [-0.15, -0.1) is 0 Å². The van der Waals surface area contributed by atoms with Crippen molar-refractivity contribution in [1.82, 2.24) is 5.32 Å². The SMILES string of the molecule is O=C(CC1(C(=O)O)CCC1)NCCc1ccccc1F. The Labute approximate surface area is 117 Å². The van der Waals surface area contributed by atoms with Crippen LogP contribution in [0.1, 0.15) is 31.2 Å². The second kappa shape index (κ2) is 6.03. The van der Waals surface area contributed by atoms with Crippen LogP contribution in [0.25, 0.3) is 0 Å². The maximum atomic E-state index is 13.4. The number of nitrogens with one attached hydrogen (secondary N) is 1. The Morgan fingerprint density at radius 3 is 2.55 bits per heavy atom. The molecule has 0 spiro atoms. The fourth-order valence-electron chi connectivity index (χ4n) is 2.48.